The van der Waals surface area contributed by atoms with Gasteiger partial charge in [0.05, 0.1) is 31.5 Å². The second-order valence-electron chi connectivity index (χ2n) is 10.5. The number of hydrogen-bond donors (Lipinski definition) is 1. The lowest BCUT2D eigenvalue weighted by atomic mass is 10.0. The van der Waals surface area contributed by atoms with Crippen LogP contribution in [0.25, 0.3) is 10.8 Å². The van der Waals surface area contributed by atoms with Crippen molar-refractivity contribution in [1.29, 1.82) is 5.26 Å². The van der Waals surface area contributed by atoms with Crippen molar-refractivity contribution in [2.24, 2.45) is 0 Å². The van der Waals surface area contributed by atoms with Crippen molar-refractivity contribution in [2.75, 3.05) is 38.2 Å². The first-order valence-corrected chi connectivity index (χ1v) is 15.0. The van der Waals surface area contributed by atoms with Crippen molar-refractivity contribution < 1.29 is 27.8 Å². The average molecular weight is 591 g/mol. The molecular weight excluding hydrogens is 556 g/mol. The molecule has 0 saturated carbocycles. The highest BCUT2D eigenvalue weighted by atomic mass is 32.2. The zero-order chi connectivity index (χ0) is 29.8. The number of rotatable bonds is 9. The minimum atomic E-state index is -2.50. The smallest absolute Gasteiger partial charge is 0.262 e. The van der Waals surface area contributed by atoms with E-state index in [1.807, 2.05) is 11.0 Å². The van der Waals surface area contributed by atoms with Crippen molar-refractivity contribution in [3.05, 3.63) is 65.7 Å². The molecule has 2 aliphatic rings. The molecule has 10 nitrogen and oxygen atoms in total. The minimum absolute atomic E-state index is 0.114. The predicted octanol–water partition coefficient (Wildman–Crippen LogP) is 3.90. The Bertz CT molecular complexity index is 1530. The van der Waals surface area contributed by atoms with E-state index in [1.165, 1.54) is 11.4 Å². The number of nitrogens with zero attached hydrogens (tertiary/aromatic N) is 4. The molecular formula is C31H34N4O6S. The van der Waals surface area contributed by atoms with Crippen LogP contribution in [0.5, 0.6) is 11.5 Å². The summed E-state index contributed by atoms with van der Waals surface area (Å²) in [6.45, 7) is 1.56. The molecule has 0 radical (unpaired) electrons. The van der Waals surface area contributed by atoms with E-state index in [1.54, 1.807) is 60.5 Å². The Balaban J connectivity index is 1.45. The number of ether oxygens (including phenoxy) is 2. The molecule has 1 N–H and O–H groups in total. The molecule has 3 atom stereocenters. The molecule has 2 heterocycles. The summed E-state index contributed by atoms with van der Waals surface area (Å²) in [7, 11) is 3.09. The fourth-order valence-corrected chi connectivity index (χ4v) is 6.59. The molecule has 42 heavy (non-hydrogen) atoms. The number of hydrogen-bond acceptors (Lipinski definition) is 6. The van der Waals surface area contributed by atoms with Gasteiger partial charge in [-0.15, -0.1) is 0 Å². The maximum atomic E-state index is 14.0. The number of nitriles is 1. The summed E-state index contributed by atoms with van der Waals surface area (Å²) in [5.74, 6) is 0.600. The zero-order valence-corrected chi connectivity index (χ0v) is 24.5. The van der Waals surface area contributed by atoms with Crippen LogP contribution in [-0.4, -0.2) is 76.3 Å². The maximum absolute atomic E-state index is 14.0. The van der Waals surface area contributed by atoms with Crippen LogP contribution in [0.4, 0.5) is 5.69 Å². The number of fused-ring (bicyclic) bond motifs is 1. The van der Waals surface area contributed by atoms with Crippen molar-refractivity contribution in [2.45, 2.75) is 44.2 Å². The van der Waals surface area contributed by atoms with E-state index in [0.717, 1.165) is 35.6 Å². The third kappa shape index (κ3) is 5.91. The molecule has 11 heteroatoms. The van der Waals surface area contributed by atoms with Gasteiger partial charge in [-0.1, -0.05) is 18.2 Å². The summed E-state index contributed by atoms with van der Waals surface area (Å²) in [5, 5.41) is 10.8. The van der Waals surface area contributed by atoms with Crippen LogP contribution < -0.4 is 13.8 Å². The van der Waals surface area contributed by atoms with Crippen LogP contribution in [0.2, 0.25) is 0 Å². The first-order chi connectivity index (χ1) is 20.3. The van der Waals surface area contributed by atoms with Gasteiger partial charge in [-0.25, -0.2) is 4.21 Å². The second kappa shape index (κ2) is 12.8. The van der Waals surface area contributed by atoms with Crippen molar-refractivity contribution in [1.82, 2.24) is 9.80 Å². The highest BCUT2D eigenvalue weighted by Crippen LogP contribution is 2.35. The quantitative estimate of drug-likeness (QED) is 0.375. The number of amides is 2. The summed E-state index contributed by atoms with van der Waals surface area (Å²) < 4.78 is 35.1. The highest BCUT2D eigenvalue weighted by Gasteiger charge is 2.44. The number of carbonyl (C=O) groups is 2. The number of piperidine rings is 1. The molecule has 2 fully saturated rings. The van der Waals surface area contributed by atoms with Crippen molar-refractivity contribution >= 4 is 39.5 Å². The van der Waals surface area contributed by atoms with Crippen LogP contribution in [-0.2, 0) is 27.3 Å². The third-order valence-corrected chi connectivity index (χ3v) is 8.89. The molecule has 3 unspecified atom stereocenters. The largest absolute Gasteiger partial charge is 0.493 e. The summed E-state index contributed by atoms with van der Waals surface area (Å²) in [4.78, 5) is 31.2. The van der Waals surface area contributed by atoms with Crippen molar-refractivity contribution in [3.63, 3.8) is 0 Å². The van der Waals surface area contributed by atoms with Gasteiger partial charge in [0.1, 0.15) is 12.1 Å². The van der Waals surface area contributed by atoms with Gasteiger partial charge in [0.15, 0.2) is 11.5 Å². The van der Waals surface area contributed by atoms with E-state index in [9.17, 15) is 23.6 Å². The van der Waals surface area contributed by atoms with Gasteiger partial charge in [0, 0.05) is 26.1 Å². The molecule has 0 bridgehead atoms. The summed E-state index contributed by atoms with van der Waals surface area (Å²) >= 11 is -2.50. The molecule has 0 aromatic heterocycles. The molecule has 2 aliphatic heterocycles. The standard InChI is InChI=1S/C31H34N4O6S/c1-40-28-18-23-10-11-25(17-24(23)19-29(28)41-2)35(42(38)39)26-12-15-34(31(26)37)27(30(36)33-13-4-3-5-14-33)16-21-6-8-22(20-32)9-7-21/h6-11,17-19,26-27H,3-5,12-16H2,1-2H3,(H,38,39). The Morgan fingerprint density at radius 3 is 2.31 bits per heavy atom. The van der Waals surface area contributed by atoms with E-state index in [2.05, 4.69) is 6.07 Å². The molecule has 2 saturated heterocycles. The number of methoxy groups -OCH3 is 2. The predicted molar refractivity (Wildman–Crippen MR) is 160 cm³/mol. The van der Waals surface area contributed by atoms with E-state index < -0.39 is 23.4 Å². The van der Waals surface area contributed by atoms with Crippen LogP contribution in [0.3, 0.4) is 0 Å². The van der Waals surface area contributed by atoms with E-state index in [4.69, 9.17) is 9.47 Å². The molecule has 3 aromatic carbocycles. The van der Waals surface area contributed by atoms with Crippen LogP contribution in [0, 0.1) is 11.3 Å². The molecule has 0 spiro atoms. The zero-order valence-electron chi connectivity index (χ0n) is 23.7. The van der Waals surface area contributed by atoms with Gasteiger partial charge in [-0.05, 0) is 78.4 Å². The monoisotopic (exact) mass is 590 g/mol. The van der Waals surface area contributed by atoms with Crippen LogP contribution >= 0.6 is 0 Å². The van der Waals surface area contributed by atoms with Crippen LogP contribution in [0.15, 0.2) is 54.6 Å². The first-order valence-electron chi connectivity index (χ1n) is 14.0. The summed E-state index contributed by atoms with van der Waals surface area (Å²) in [6, 6.07) is 16.3. The van der Waals surface area contributed by atoms with Gasteiger partial charge < -0.3 is 19.3 Å². The Morgan fingerprint density at radius 1 is 1.02 bits per heavy atom. The topological polar surface area (TPSA) is 123 Å². The molecule has 2 amide bonds. The summed E-state index contributed by atoms with van der Waals surface area (Å²) in [5.41, 5.74) is 1.76. The lowest BCUT2D eigenvalue weighted by Crippen LogP contribution is -2.53. The van der Waals surface area contributed by atoms with E-state index in [-0.39, 0.29) is 24.8 Å². The van der Waals surface area contributed by atoms with Gasteiger partial charge in [-0.2, -0.15) is 5.26 Å². The van der Waals surface area contributed by atoms with Crippen LogP contribution in [0.1, 0.15) is 36.8 Å². The Kier molecular flexibility index (Phi) is 8.94. The normalized spacial score (nSPS) is 18.4. The third-order valence-electron chi connectivity index (χ3n) is 8.08. The lowest BCUT2D eigenvalue weighted by Gasteiger charge is -2.35. The van der Waals surface area contributed by atoms with Gasteiger partial charge in [0.2, 0.25) is 11.8 Å². The number of benzene rings is 3. The second-order valence-corrected chi connectivity index (χ2v) is 11.4. The fraction of sp³-hybridized carbons (Fsp3) is 0.387. The van der Waals surface area contributed by atoms with Gasteiger partial charge in [-0.3, -0.25) is 18.4 Å². The Labute approximate surface area is 247 Å². The molecule has 220 valence electrons. The summed E-state index contributed by atoms with van der Waals surface area (Å²) in [6.07, 6.45) is 3.48. The SMILES string of the molecule is COc1cc2ccc(N(C3CCN(C(Cc4ccc(C#N)cc4)C(=O)N4CCCCC4)C3=O)S(=O)O)cc2cc1OC. The molecule has 0 aliphatic carbocycles. The number of likely N-dealkylation sites (tertiary alicyclic amines) is 2. The minimum Gasteiger partial charge on any atom is -0.493 e. The van der Waals surface area contributed by atoms with E-state index >= 15 is 0 Å². The van der Waals surface area contributed by atoms with Crippen molar-refractivity contribution in [3.8, 4) is 17.6 Å². The average Bonchev–Trinajstić information content (AvgIpc) is 3.39. The molecule has 5 rings (SSSR count). The number of carbonyl (C=O) groups excluding carboxylic acids is 2. The number of anilines is 1. The lowest BCUT2D eigenvalue weighted by molar-refractivity contribution is -0.144. The van der Waals surface area contributed by atoms with E-state index in [0.29, 0.717) is 42.3 Å². The first kappa shape index (κ1) is 29.4. The molecule has 3 aromatic rings. The fourth-order valence-electron chi connectivity index (χ4n) is 5.89. The maximum Gasteiger partial charge on any atom is 0.262 e. The Morgan fingerprint density at radius 2 is 1.69 bits per heavy atom. The van der Waals surface area contributed by atoms with Gasteiger partial charge in [0.25, 0.3) is 11.3 Å². The van der Waals surface area contributed by atoms with Gasteiger partial charge >= 0.3 is 0 Å². The Hall–Kier alpha value is -4.14. The highest BCUT2D eigenvalue weighted by molar-refractivity contribution is 7.80.